The highest BCUT2D eigenvalue weighted by Gasteiger charge is 2.15. The van der Waals surface area contributed by atoms with E-state index in [1.165, 1.54) is 12.1 Å². The lowest BCUT2D eigenvalue weighted by atomic mass is 10.2. The Morgan fingerprint density at radius 1 is 1.46 bits per heavy atom. The molecule has 1 rings (SSSR count). The van der Waals surface area contributed by atoms with Crippen LogP contribution in [0, 0.1) is 6.92 Å². The van der Waals surface area contributed by atoms with Crippen molar-refractivity contribution in [3.8, 4) is 0 Å². The van der Waals surface area contributed by atoms with Gasteiger partial charge in [0.25, 0.3) is 10.1 Å². The molecule has 1 aromatic rings. The second-order valence-electron chi connectivity index (χ2n) is 2.55. The summed E-state index contributed by atoms with van der Waals surface area (Å²) >= 11 is 0. The molecule has 0 aliphatic rings. The second kappa shape index (κ2) is 3.23. The van der Waals surface area contributed by atoms with Gasteiger partial charge in [0, 0.05) is 0 Å². The van der Waals surface area contributed by atoms with Crippen molar-refractivity contribution in [2.45, 2.75) is 11.8 Å². The zero-order valence-electron chi connectivity index (χ0n) is 6.80. The zero-order chi connectivity index (χ0) is 10.1. The van der Waals surface area contributed by atoms with E-state index in [-0.39, 0.29) is 5.69 Å². The number of nitrogens with zero attached hydrogens (tertiary/aromatic N) is 2. The lowest BCUT2D eigenvalue weighted by molar-refractivity contribution is 0.483. The Kier molecular flexibility index (Phi) is 2.44. The fraction of sp³-hybridized carbons (Fsp3) is 0.143. The maximum Gasteiger partial charge on any atom is 0.296 e. The van der Waals surface area contributed by atoms with Gasteiger partial charge in [0.15, 0.2) is 0 Å². The van der Waals surface area contributed by atoms with Crippen LogP contribution in [-0.2, 0) is 10.1 Å². The minimum absolute atomic E-state index is 0.173. The van der Waals surface area contributed by atoms with Crippen LogP contribution in [0.5, 0.6) is 0 Å². The Morgan fingerprint density at radius 2 is 2.08 bits per heavy atom. The van der Waals surface area contributed by atoms with Crippen LogP contribution in [0.4, 0.5) is 5.69 Å². The monoisotopic (exact) mass is 199 g/mol. The minimum atomic E-state index is -4.32. The fourth-order valence-corrected chi connectivity index (χ4v) is 1.62. The summed E-state index contributed by atoms with van der Waals surface area (Å²) in [6.45, 7) is 1.66. The van der Waals surface area contributed by atoms with Crippen LogP contribution in [0.1, 0.15) is 5.56 Å². The average molecular weight is 199 g/mol. The third-order valence-corrected chi connectivity index (χ3v) is 2.38. The summed E-state index contributed by atoms with van der Waals surface area (Å²) in [5, 5.41) is 2.74. The summed E-state index contributed by atoms with van der Waals surface area (Å²) in [4.78, 5) is -0.394. The van der Waals surface area contributed by atoms with Gasteiger partial charge in [0.1, 0.15) is 10.6 Å². The van der Waals surface area contributed by atoms with E-state index in [0.29, 0.717) is 5.56 Å². The standard InChI is InChI=1S/C7H7N2O3S/c1-5-2-3-6(9-8)7(4-5)13(10,11)12/h2-4H,1H3,(H,10,11,12). The van der Waals surface area contributed by atoms with Crippen LogP contribution >= 0.6 is 0 Å². The molecule has 13 heavy (non-hydrogen) atoms. The van der Waals surface area contributed by atoms with Crippen LogP contribution in [0.3, 0.4) is 0 Å². The molecule has 0 aliphatic heterocycles. The molecule has 0 atom stereocenters. The van der Waals surface area contributed by atoms with Crippen molar-refractivity contribution in [2.24, 2.45) is 5.11 Å². The van der Waals surface area contributed by atoms with E-state index in [2.05, 4.69) is 5.11 Å². The molecule has 6 heteroatoms. The van der Waals surface area contributed by atoms with Gasteiger partial charge in [-0.15, -0.1) is 5.11 Å². The molecule has 5 nitrogen and oxygen atoms in total. The quantitative estimate of drug-likeness (QED) is 0.571. The van der Waals surface area contributed by atoms with E-state index in [9.17, 15) is 8.42 Å². The second-order valence-corrected chi connectivity index (χ2v) is 3.94. The van der Waals surface area contributed by atoms with Crippen LogP contribution in [-0.4, -0.2) is 13.0 Å². The maximum atomic E-state index is 10.7. The summed E-state index contributed by atoms with van der Waals surface area (Å²) in [5.74, 6) is 0. The molecule has 0 bridgehead atoms. The molecule has 0 amide bonds. The van der Waals surface area contributed by atoms with Crippen molar-refractivity contribution in [2.75, 3.05) is 0 Å². The van der Waals surface area contributed by atoms with Crippen LogP contribution in [0.2, 0.25) is 0 Å². The Morgan fingerprint density at radius 3 is 2.54 bits per heavy atom. The fourth-order valence-electron chi connectivity index (χ4n) is 0.911. The molecular weight excluding hydrogens is 192 g/mol. The summed E-state index contributed by atoms with van der Waals surface area (Å²) in [7, 11) is -4.32. The van der Waals surface area contributed by atoms with Crippen LogP contribution < -0.4 is 5.53 Å². The van der Waals surface area contributed by atoms with Crippen molar-refractivity contribution in [3.63, 3.8) is 0 Å². The van der Waals surface area contributed by atoms with Gasteiger partial charge in [-0.2, -0.15) is 8.42 Å². The van der Waals surface area contributed by atoms with Crippen molar-refractivity contribution in [1.29, 1.82) is 0 Å². The first kappa shape index (κ1) is 9.82. The molecule has 1 N–H and O–H groups in total. The first-order valence-electron chi connectivity index (χ1n) is 3.38. The lowest BCUT2D eigenvalue weighted by Gasteiger charge is -2.00. The Labute approximate surface area is 75.7 Å². The smallest absolute Gasteiger partial charge is 0.282 e. The molecular formula is C7H7N2O3S. The third kappa shape index (κ3) is 2.10. The van der Waals surface area contributed by atoms with E-state index >= 15 is 0 Å². The van der Waals surface area contributed by atoms with Gasteiger partial charge >= 0.3 is 0 Å². The highest BCUT2D eigenvalue weighted by molar-refractivity contribution is 7.86. The average Bonchev–Trinajstić information content (AvgIpc) is 2.03. The molecule has 0 aliphatic carbocycles. The van der Waals surface area contributed by atoms with Crippen molar-refractivity contribution in [1.82, 2.24) is 5.53 Å². The number of aryl methyl sites for hydroxylation is 1. The highest BCUT2D eigenvalue weighted by atomic mass is 32.2. The normalized spacial score (nSPS) is 11.2. The van der Waals surface area contributed by atoms with Gasteiger partial charge < -0.3 is 0 Å². The predicted molar refractivity (Wildman–Crippen MR) is 45.2 cm³/mol. The Bertz CT molecular complexity index is 439. The Hall–Kier alpha value is -1.27. The molecule has 0 aromatic heterocycles. The van der Waals surface area contributed by atoms with Gasteiger partial charge in [-0.05, 0) is 30.2 Å². The number of rotatable bonds is 2. The minimum Gasteiger partial charge on any atom is -0.282 e. The molecule has 0 saturated carbocycles. The molecule has 0 saturated heterocycles. The molecule has 69 valence electrons. The summed E-state index contributed by atoms with van der Waals surface area (Å²) < 4.78 is 30.2. The number of hydrogen-bond donors (Lipinski definition) is 1. The SMILES string of the molecule is Cc1ccc(N=[N])c(S(=O)(=O)O)c1. The van der Waals surface area contributed by atoms with Crippen molar-refractivity contribution >= 4 is 15.8 Å². The number of hydrogen-bond acceptors (Lipinski definition) is 3. The van der Waals surface area contributed by atoms with Crippen molar-refractivity contribution < 1.29 is 13.0 Å². The topological polar surface area (TPSA) is 89.0 Å². The first-order chi connectivity index (χ1) is 5.95. The molecule has 0 fully saturated rings. The molecule has 0 unspecified atom stereocenters. The van der Waals surface area contributed by atoms with E-state index in [0.717, 1.165) is 0 Å². The summed E-state index contributed by atoms with van der Waals surface area (Å²) in [6.07, 6.45) is 0. The summed E-state index contributed by atoms with van der Waals surface area (Å²) in [5.41, 5.74) is 8.90. The van der Waals surface area contributed by atoms with Gasteiger partial charge in [0.2, 0.25) is 0 Å². The number of benzene rings is 1. The van der Waals surface area contributed by atoms with Gasteiger partial charge in [-0.3, -0.25) is 4.55 Å². The largest absolute Gasteiger partial charge is 0.296 e. The van der Waals surface area contributed by atoms with Gasteiger partial charge in [-0.1, -0.05) is 6.07 Å². The van der Waals surface area contributed by atoms with E-state index in [1.807, 2.05) is 0 Å². The zero-order valence-corrected chi connectivity index (χ0v) is 7.61. The van der Waals surface area contributed by atoms with E-state index < -0.39 is 15.0 Å². The molecule has 1 aromatic carbocycles. The van der Waals surface area contributed by atoms with Gasteiger partial charge in [-0.25, -0.2) is 0 Å². The van der Waals surface area contributed by atoms with Crippen LogP contribution in [0.15, 0.2) is 28.2 Å². The molecule has 1 radical (unpaired) electrons. The first-order valence-corrected chi connectivity index (χ1v) is 4.82. The molecule has 0 spiro atoms. The van der Waals surface area contributed by atoms with E-state index in [1.54, 1.807) is 13.0 Å². The maximum absolute atomic E-state index is 10.7. The van der Waals surface area contributed by atoms with Crippen LogP contribution in [0.25, 0.3) is 0 Å². The predicted octanol–water partition coefficient (Wildman–Crippen LogP) is 1.13. The highest BCUT2D eigenvalue weighted by Crippen LogP contribution is 2.24. The van der Waals surface area contributed by atoms with Crippen molar-refractivity contribution in [3.05, 3.63) is 23.8 Å². The molecule has 0 heterocycles. The van der Waals surface area contributed by atoms with Gasteiger partial charge in [0.05, 0.1) is 0 Å². The third-order valence-electron chi connectivity index (χ3n) is 1.50. The Balaban J connectivity index is 3.50. The summed E-state index contributed by atoms with van der Waals surface area (Å²) in [6, 6.07) is 4.10. The van der Waals surface area contributed by atoms with E-state index in [4.69, 9.17) is 10.1 Å². The lowest BCUT2D eigenvalue weighted by Crippen LogP contribution is -1.98.